The van der Waals surface area contributed by atoms with Crippen LogP contribution in [0.1, 0.15) is 30.4 Å². The second kappa shape index (κ2) is 7.74. The molecule has 0 spiro atoms. The van der Waals surface area contributed by atoms with Gasteiger partial charge in [-0.2, -0.15) is 0 Å². The van der Waals surface area contributed by atoms with Gasteiger partial charge in [0.25, 0.3) is 0 Å². The topological polar surface area (TPSA) is 178 Å². The number of ketones is 2. The number of phenolic OH excluding ortho intramolecular Hbond substituents is 1. The van der Waals surface area contributed by atoms with Crippen molar-refractivity contribution in [1.82, 2.24) is 0 Å². The minimum Gasteiger partial charge on any atom is -0.507 e. The summed E-state index contributed by atoms with van der Waals surface area (Å²) in [5, 5.41) is 55.3. The number of carbonyl (C=O) groups is 3. The van der Waals surface area contributed by atoms with Crippen molar-refractivity contribution in [2.24, 2.45) is 23.5 Å². The summed E-state index contributed by atoms with van der Waals surface area (Å²) in [6.07, 6.45) is -3.50. The zero-order valence-corrected chi connectivity index (χ0v) is 18.8. The lowest BCUT2D eigenvalue weighted by molar-refractivity contribution is -0.186. The van der Waals surface area contributed by atoms with E-state index in [1.807, 2.05) is 6.07 Å². The van der Waals surface area contributed by atoms with Crippen LogP contribution >= 0.6 is 0 Å². The number of hydrogen-bond donors (Lipinski definition) is 6. The molecule has 5 rings (SSSR count). The van der Waals surface area contributed by atoms with Crippen LogP contribution in [0.5, 0.6) is 5.75 Å². The molecule has 1 amide bonds. The Morgan fingerprint density at radius 3 is 2.34 bits per heavy atom. The molecule has 2 fully saturated rings. The maximum atomic E-state index is 13.7. The van der Waals surface area contributed by atoms with Crippen molar-refractivity contribution in [2.75, 3.05) is 0 Å². The summed E-state index contributed by atoms with van der Waals surface area (Å²) in [4.78, 5) is 38.6. The summed E-state index contributed by atoms with van der Waals surface area (Å²) in [5.74, 6) is -9.48. The summed E-state index contributed by atoms with van der Waals surface area (Å²) in [7, 11) is 0. The van der Waals surface area contributed by atoms with Crippen LogP contribution in [-0.4, -0.2) is 60.8 Å². The second-order valence-corrected chi connectivity index (χ2v) is 9.61. The Balaban J connectivity index is 1.72. The van der Waals surface area contributed by atoms with Crippen LogP contribution < -0.4 is 5.73 Å². The molecule has 0 bridgehead atoms. The Hall–Kier alpha value is -3.53. The Labute approximate surface area is 200 Å². The van der Waals surface area contributed by atoms with Gasteiger partial charge >= 0.3 is 0 Å². The number of hydrogen-bond acceptors (Lipinski definition) is 8. The molecule has 7 N–H and O–H groups in total. The highest BCUT2D eigenvalue weighted by molar-refractivity contribution is 6.25. The van der Waals surface area contributed by atoms with Crippen molar-refractivity contribution in [3.63, 3.8) is 0 Å². The zero-order chi connectivity index (χ0) is 25.4. The Morgan fingerprint density at radius 1 is 1.06 bits per heavy atom. The highest BCUT2D eigenvalue weighted by Gasteiger charge is 2.67. The molecule has 9 heteroatoms. The van der Waals surface area contributed by atoms with Crippen LogP contribution in [0.3, 0.4) is 0 Å². The summed E-state index contributed by atoms with van der Waals surface area (Å²) < 4.78 is 0. The van der Waals surface area contributed by atoms with Crippen LogP contribution in [0.15, 0.2) is 48.0 Å². The van der Waals surface area contributed by atoms with E-state index >= 15 is 0 Å². The van der Waals surface area contributed by atoms with Gasteiger partial charge in [-0.1, -0.05) is 49.4 Å². The summed E-state index contributed by atoms with van der Waals surface area (Å²) in [6.45, 7) is 1.70. The largest absolute Gasteiger partial charge is 0.507 e. The van der Waals surface area contributed by atoms with E-state index < -0.39 is 76.7 Å². The fraction of sp³-hybridized carbons (Fsp3) is 0.346. The van der Waals surface area contributed by atoms with E-state index in [0.29, 0.717) is 16.7 Å². The van der Waals surface area contributed by atoms with Gasteiger partial charge in [0.1, 0.15) is 17.4 Å². The average Bonchev–Trinajstić information content (AvgIpc) is 2.82. The van der Waals surface area contributed by atoms with Gasteiger partial charge in [0.2, 0.25) is 11.7 Å². The molecular weight excluding hydrogens is 454 g/mol. The van der Waals surface area contributed by atoms with E-state index in [4.69, 9.17) is 5.73 Å². The van der Waals surface area contributed by atoms with Crippen LogP contribution in [0.4, 0.5) is 0 Å². The summed E-state index contributed by atoms with van der Waals surface area (Å²) >= 11 is 0. The first-order valence-corrected chi connectivity index (χ1v) is 11.3. The first-order chi connectivity index (χ1) is 16.5. The first-order valence-electron chi connectivity index (χ1n) is 11.3. The van der Waals surface area contributed by atoms with Crippen molar-refractivity contribution in [3.05, 3.63) is 59.2 Å². The highest BCUT2D eigenvalue weighted by Crippen LogP contribution is 2.56. The number of Topliss-reactive ketones (excluding diaryl/α,β-unsaturated/α-hetero) is 2. The lowest BCUT2D eigenvalue weighted by Gasteiger charge is -2.52. The molecule has 7 atom stereocenters. The maximum absolute atomic E-state index is 13.7. The minimum atomic E-state index is -2.86. The van der Waals surface area contributed by atoms with Crippen molar-refractivity contribution in [1.29, 1.82) is 0 Å². The summed E-state index contributed by atoms with van der Waals surface area (Å²) in [5.41, 5.74) is 3.50. The van der Waals surface area contributed by atoms with Gasteiger partial charge in [-0.05, 0) is 23.5 Å². The molecule has 2 aromatic carbocycles. The number of nitrogens with two attached hydrogens (primary N) is 1. The fourth-order valence-corrected chi connectivity index (χ4v) is 6.15. The number of carbonyl (C=O) groups excluding carboxylic acids is 3. The number of amides is 1. The quantitative estimate of drug-likeness (QED) is 0.342. The van der Waals surface area contributed by atoms with Crippen molar-refractivity contribution < 1.29 is 39.9 Å². The van der Waals surface area contributed by atoms with Crippen molar-refractivity contribution >= 4 is 23.2 Å². The normalized spacial score (nSPS) is 34.2. The number of rotatable bonds is 2. The van der Waals surface area contributed by atoms with E-state index in [1.165, 1.54) is 0 Å². The number of aromatic hydroxyl groups is 1. The molecule has 0 heterocycles. The number of aliphatic hydroxyl groups excluding tert-OH is 3. The van der Waals surface area contributed by atoms with Gasteiger partial charge < -0.3 is 31.3 Å². The average molecular weight is 479 g/mol. The van der Waals surface area contributed by atoms with Gasteiger partial charge in [-0.15, -0.1) is 0 Å². The Morgan fingerprint density at radius 2 is 1.71 bits per heavy atom. The molecule has 0 saturated heterocycles. The number of benzene rings is 2. The molecule has 35 heavy (non-hydrogen) atoms. The molecule has 0 radical (unpaired) electrons. The van der Waals surface area contributed by atoms with Crippen LogP contribution in [0.25, 0.3) is 16.9 Å². The standard InChI is InChI=1S/C26H25NO8/c1-10-12-7-8-13(11-5-3-2-4-6-11)20(29)17(12)22(31)19-16(10)21(30)14-9-15(28)18(25(27)34)23(32)26(14,35)24(19)33/h2-8,10,14-16,18,21,28-31,35H,9H2,1H3,(H2,27,34)/t10-,14+,15?,16+,18?,21+,26+/m0/s1. The first kappa shape index (κ1) is 23.2. The highest BCUT2D eigenvalue weighted by atomic mass is 16.3. The van der Waals surface area contributed by atoms with Crippen LogP contribution in [0.2, 0.25) is 0 Å². The predicted octanol–water partition coefficient (Wildman–Crippen LogP) is 0.788. The monoisotopic (exact) mass is 479 g/mol. The third kappa shape index (κ3) is 2.95. The third-order valence-electron chi connectivity index (χ3n) is 7.90. The van der Waals surface area contributed by atoms with Crippen molar-refractivity contribution in [2.45, 2.75) is 37.1 Å². The van der Waals surface area contributed by atoms with Crippen LogP contribution in [0, 0.1) is 17.8 Å². The maximum Gasteiger partial charge on any atom is 0.230 e. The molecule has 2 aromatic rings. The molecule has 3 aliphatic carbocycles. The number of aliphatic hydroxyl groups is 4. The van der Waals surface area contributed by atoms with Gasteiger partial charge in [0.15, 0.2) is 11.4 Å². The zero-order valence-electron chi connectivity index (χ0n) is 18.8. The van der Waals surface area contributed by atoms with E-state index in [2.05, 4.69) is 0 Å². The molecule has 0 aromatic heterocycles. The molecule has 2 unspecified atom stereocenters. The summed E-state index contributed by atoms with van der Waals surface area (Å²) in [6, 6.07) is 12.3. The molecular formula is C26H25NO8. The lowest BCUT2D eigenvalue weighted by Crippen LogP contribution is -2.70. The Bertz CT molecular complexity index is 1300. The van der Waals surface area contributed by atoms with Gasteiger partial charge in [0, 0.05) is 23.0 Å². The second-order valence-electron chi connectivity index (χ2n) is 9.61. The minimum absolute atomic E-state index is 0.0255. The number of fused-ring (bicyclic) bond motifs is 3. The molecule has 2 saturated carbocycles. The molecule has 3 aliphatic rings. The van der Waals surface area contributed by atoms with E-state index in [9.17, 15) is 39.9 Å². The predicted molar refractivity (Wildman–Crippen MR) is 123 cm³/mol. The number of primary amides is 1. The Kier molecular flexibility index (Phi) is 5.14. The smallest absolute Gasteiger partial charge is 0.230 e. The molecule has 9 nitrogen and oxygen atoms in total. The molecule has 182 valence electrons. The SMILES string of the molecule is C[C@H]1c2ccc(-c3ccccc3)c(O)c2C(O)=C2C(=O)[C@]3(O)C(=O)C(C(N)=O)C(O)C[C@@H]3[C@@H](O)[C@@H]21. The lowest BCUT2D eigenvalue weighted by atomic mass is 9.53. The van der Waals surface area contributed by atoms with Crippen LogP contribution in [-0.2, 0) is 14.4 Å². The van der Waals surface area contributed by atoms with E-state index in [1.54, 1.807) is 43.3 Å². The van der Waals surface area contributed by atoms with E-state index in [-0.39, 0.29) is 11.3 Å². The fourth-order valence-electron chi connectivity index (χ4n) is 6.15. The van der Waals surface area contributed by atoms with Crippen molar-refractivity contribution in [3.8, 4) is 16.9 Å². The third-order valence-corrected chi connectivity index (χ3v) is 7.90. The molecule has 0 aliphatic heterocycles. The van der Waals surface area contributed by atoms with Gasteiger partial charge in [-0.3, -0.25) is 14.4 Å². The van der Waals surface area contributed by atoms with Gasteiger partial charge in [-0.25, -0.2) is 0 Å². The van der Waals surface area contributed by atoms with Gasteiger partial charge in [0.05, 0.1) is 17.8 Å². The van der Waals surface area contributed by atoms with E-state index in [0.717, 1.165) is 0 Å². The number of phenols is 1.